The molecule has 0 heterocycles. The number of amides is 3. The van der Waals surface area contributed by atoms with Gasteiger partial charge < -0.3 is 14.8 Å². The average molecular weight is 359 g/mol. The van der Waals surface area contributed by atoms with E-state index in [1.165, 1.54) is 27.1 Å². The Morgan fingerprint density at radius 1 is 1.29 bits per heavy atom. The van der Waals surface area contributed by atoms with Crippen LogP contribution in [-0.2, 0) is 9.53 Å². The quantitative estimate of drug-likeness (QED) is 0.794. The fourth-order valence-corrected chi connectivity index (χ4v) is 1.75. The minimum absolute atomic E-state index is 0.217. The summed E-state index contributed by atoms with van der Waals surface area (Å²) in [5.74, 6) is -0.949. The molecule has 0 saturated heterocycles. The van der Waals surface area contributed by atoms with Gasteiger partial charge in [-0.2, -0.15) is 0 Å². The lowest BCUT2D eigenvalue weighted by atomic mass is 10.2. The van der Waals surface area contributed by atoms with Crippen molar-refractivity contribution in [2.24, 2.45) is 0 Å². The van der Waals surface area contributed by atoms with Crippen LogP contribution in [0.3, 0.4) is 0 Å². The summed E-state index contributed by atoms with van der Waals surface area (Å²) in [5.41, 5.74) is 0.217. The number of benzene rings is 1. The number of rotatable bonds is 4. The maximum absolute atomic E-state index is 12.0. The minimum atomic E-state index is -1.12. The molecule has 0 fully saturated rings. The molecule has 2 N–H and O–H groups in total. The first-order valence-corrected chi connectivity index (χ1v) is 6.75. The van der Waals surface area contributed by atoms with Crippen molar-refractivity contribution in [2.45, 2.75) is 13.0 Å². The van der Waals surface area contributed by atoms with E-state index in [1.54, 1.807) is 12.1 Å². The largest absolute Gasteiger partial charge is 0.497 e. The summed E-state index contributed by atoms with van der Waals surface area (Å²) in [4.78, 5) is 34.6. The van der Waals surface area contributed by atoms with Crippen LogP contribution in [0.4, 0.5) is 4.79 Å². The Labute approximate surface area is 130 Å². The molecule has 21 heavy (non-hydrogen) atoms. The van der Waals surface area contributed by atoms with Crippen LogP contribution < -0.4 is 15.4 Å². The molecule has 8 heteroatoms. The maximum Gasteiger partial charge on any atom is 0.340 e. The third kappa shape index (κ3) is 4.75. The SMILES string of the molecule is CNC(=O)NC(=O)C(C)OC(=O)c1cc(OC)ccc1Br. The van der Waals surface area contributed by atoms with E-state index in [4.69, 9.17) is 9.47 Å². The zero-order chi connectivity index (χ0) is 16.0. The first-order chi connectivity index (χ1) is 9.88. The van der Waals surface area contributed by atoms with Crippen LogP contribution in [0.1, 0.15) is 17.3 Å². The van der Waals surface area contributed by atoms with E-state index in [9.17, 15) is 14.4 Å². The van der Waals surface area contributed by atoms with Crippen LogP contribution >= 0.6 is 15.9 Å². The summed E-state index contributed by atoms with van der Waals surface area (Å²) in [7, 11) is 2.84. The number of urea groups is 1. The zero-order valence-electron chi connectivity index (χ0n) is 11.7. The molecule has 1 aromatic carbocycles. The maximum atomic E-state index is 12.0. The van der Waals surface area contributed by atoms with E-state index in [1.807, 2.05) is 5.32 Å². The van der Waals surface area contributed by atoms with Gasteiger partial charge in [0.1, 0.15) is 5.75 Å². The van der Waals surface area contributed by atoms with E-state index in [0.29, 0.717) is 10.2 Å². The number of nitrogens with one attached hydrogen (secondary N) is 2. The van der Waals surface area contributed by atoms with Crippen molar-refractivity contribution in [3.63, 3.8) is 0 Å². The standard InChI is InChI=1S/C13H15BrN2O5/c1-7(11(17)16-13(19)15-2)21-12(18)9-6-8(20-3)4-5-10(9)14/h4-7H,1-3H3,(H2,15,16,17,19). The number of methoxy groups -OCH3 is 1. The van der Waals surface area contributed by atoms with E-state index >= 15 is 0 Å². The third-order valence-electron chi connectivity index (χ3n) is 2.51. The van der Waals surface area contributed by atoms with Crippen molar-refractivity contribution in [1.29, 1.82) is 0 Å². The first kappa shape index (κ1) is 17.0. The number of carbonyl (C=O) groups excluding carboxylic acids is 3. The summed E-state index contributed by atoms with van der Waals surface area (Å²) in [5, 5.41) is 4.25. The van der Waals surface area contributed by atoms with Gasteiger partial charge in [-0.25, -0.2) is 9.59 Å². The molecule has 0 radical (unpaired) electrons. The lowest BCUT2D eigenvalue weighted by Gasteiger charge is -2.13. The number of hydrogen-bond acceptors (Lipinski definition) is 5. The van der Waals surface area contributed by atoms with Crippen LogP contribution in [0.15, 0.2) is 22.7 Å². The number of esters is 1. The van der Waals surface area contributed by atoms with Crippen LogP contribution in [0, 0.1) is 0 Å². The molecule has 1 unspecified atom stereocenters. The summed E-state index contributed by atoms with van der Waals surface area (Å²) < 4.78 is 10.5. The molecule has 1 aromatic rings. The summed E-state index contributed by atoms with van der Waals surface area (Å²) >= 11 is 3.22. The highest BCUT2D eigenvalue weighted by Crippen LogP contribution is 2.23. The predicted octanol–water partition coefficient (Wildman–Crippen LogP) is 1.46. The number of ether oxygens (including phenoxy) is 2. The second-order valence-corrected chi connectivity index (χ2v) is 4.82. The fourth-order valence-electron chi connectivity index (χ4n) is 1.34. The summed E-state index contributed by atoms with van der Waals surface area (Å²) in [6, 6.07) is 4.11. The normalized spacial score (nSPS) is 11.2. The van der Waals surface area contributed by atoms with Gasteiger partial charge in [-0.3, -0.25) is 10.1 Å². The topological polar surface area (TPSA) is 93.7 Å². The highest BCUT2D eigenvalue weighted by molar-refractivity contribution is 9.10. The van der Waals surface area contributed by atoms with Gasteiger partial charge in [-0.1, -0.05) is 0 Å². The lowest BCUT2D eigenvalue weighted by Crippen LogP contribution is -2.43. The molecule has 1 rings (SSSR count). The highest BCUT2D eigenvalue weighted by Gasteiger charge is 2.22. The molecular formula is C13H15BrN2O5. The van der Waals surface area contributed by atoms with Gasteiger partial charge in [0.15, 0.2) is 6.10 Å². The van der Waals surface area contributed by atoms with E-state index in [-0.39, 0.29) is 5.56 Å². The predicted molar refractivity (Wildman–Crippen MR) is 78.2 cm³/mol. The summed E-state index contributed by atoms with van der Waals surface area (Å²) in [6.45, 7) is 1.37. The third-order valence-corrected chi connectivity index (χ3v) is 3.20. The summed E-state index contributed by atoms with van der Waals surface area (Å²) in [6.07, 6.45) is -1.12. The molecule has 7 nitrogen and oxygen atoms in total. The molecule has 0 bridgehead atoms. The molecule has 3 amide bonds. The molecule has 0 aliphatic rings. The second kappa shape index (κ2) is 7.63. The van der Waals surface area contributed by atoms with Gasteiger partial charge in [-0.15, -0.1) is 0 Å². The Hall–Kier alpha value is -2.09. The van der Waals surface area contributed by atoms with Gasteiger partial charge in [0.25, 0.3) is 5.91 Å². The molecule has 1 atom stereocenters. The fraction of sp³-hybridized carbons (Fsp3) is 0.308. The van der Waals surface area contributed by atoms with Crippen molar-refractivity contribution in [2.75, 3.05) is 14.2 Å². The van der Waals surface area contributed by atoms with Crippen molar-refractivity contribution in [3.8, 4) is 5.75 Å². The van der Waals surface area contributed by atoms with Crippen molar-refractivity contribution >= 4 is 33.8 Å². The van der Waals surface area contributed by atoms with Crippen molar-refractivity contribution < 1.29 is 23.9 Å². The van der Waals surface area contributed by atoms with Gasteiger partial charge in [0.2, 0.25) is 0 Å². The van der Waals surface area contributed by atoms with Crippen LogP contribution in [-0.4, -0.2) is 38.2 Å². The second-order valence-electron chi connectivity index (χ2n) is 3.96. The van der Waals surface area contributed by atoms with Gasteiger partial charge in [0.05, 0.1) is 12.7 Å². The minimum Gasteiger partial charge on any atom is -0.497 e. The molecule has 0 saturated carbocycles. The Morgan fingerprint density at radius 2 is 1.95 bits per heavy atom. The molecule has 0 aliphatic heterocycles. The van der Waals surface area contributed by atoms with Gasteiger partial charge in [-0.05, 0) is 41.1 Å². The number of carbonyl (C=O) groups is 3. The smallest absolute Gasteiger partial charge is 0.340 e. The number of hydrogen-bond donors (Lipinski definition) is 2. The molecule has 0 aliphatic carbocycles. The van der Waals surface area contributed by atoms with Crippen LogP contribution in [0.5, 0.6) is 5.75 Å². The lowest BCUT2D eigenvalue weighted by molar-refractivity contribution is -0.127. The van der Waals surface area contributed by atoms with Gasteiger partial charge in [0, 0.05) is 11.5 Å². The zero-order valence-corrected chi connectivity index (χ0v) is 13.3. The van der Waals surface area contributed by atoms with Crippen molar-refractivity contribution in [3.05, 3.63) is 28.2 Å². The molecule has 114 valence electrons. The molecule has 0 spiro atoms. The van der Waals surface area contributed by atoms with Crippen LogP contribution in [0.25, 0.3) is 0 Å². The highest BCUT2D eigenvalue weighted by atomic mass is 79.9. The molecular weight excluding hydrogens is 344 g/mol. The van der Waals surface area contributed by atoms with E-state index in [2.05, 4.69) is 21.2 Å². The van der Waals surface area contributed by atoms with Crippen molar-refractivity contribution in [1.82, 2.24) is 10.6 Å². The van der Waals surface area contributed by atoms with Crippen LogP contribution in [0.2, 0.25) is 0 Å². The van der Waals surface area contributed by atoms with Gasteiger partial charge >= 0.3 is 12.0 Å². The first-order valence-electron chi connectivity index (χ1n) is 5.96. The average Bonchev–Trinajstić information content (AvgIpc) is 2.47. The Morgan fingerprint density at radius 3 is 2.52 bits per heavy atom. The van der Waals surface area contributed by atoms with E-state index < -0.39 is 24.0 Å². The number of halogens is 1. The van der Waals surface area contributed by atoms with E-state index in [0.717, 1.165) is 0 Å². The monoisotopic (exact) mass is 358 g/mol. The Kier molecular flexibility index (Phi) is 6.16. The molecule has 0 aromatic heterocycles. The Balaban J connectivity index is 2.76. The number of imide groups is 1. The Bertz CT molecular complexity index is 561.